The molecule has 2 amide bonds. The fourth-order valence-corrected chi connectivity index (χ4v) is 3.55. The Bertz CT molecular complexity index is 870. The van der Waals surface area contributed by atoms with E-state index in [0.717, 1.165) is 11.3 Å². The zero-order valence-corrected chi connectivity index (χ0v) is 16.9. The average Bonchev–Trinajstić information content (AvgIpc) is 3.10. The zero-order valence-electron chi connectivity index (χ0n) is 16.9. The Morgan fingerprint density at radius 2 is 1.93 bits per heavy atom. The Morgan fingerprint density at radius 1 is 1.24 bits per heavy atom. The molecule has 0 radical (unpaired) electrons. The molecule has 2 aromatic carbocycles. The minimum atomic E-state index is -0.499. The molecule has 154 valence electrons. The van der Waals surface area contributed by atoms with Gasteiger partial charge in [-0.1, -0.05) is 24.3 Å². The van der Waals surface area contributed by atoms with Crippen LogP contribution in [0.2, 0.25) is 0 Å². The van der Waals surface area contributed by atoms with Gasteiger partial charge in [-0.3, -0.25) is 9.59 Å². The van der Waals surface area contributed by atoms with Gasteiger partial charge in [-0.2, -0.15) is 0 Å². The Labute approximate surface area is 170 Å². The van der Waals surface area contributed by atoms with Crippen molar-refractivity contribution in [3.05, 3.63) is 59.9 Å². The summed E-state index contributed by atoms with van der Waals surface area (Å²) >= 11 is 0. The van der Waals surface area contributed by atoms with Crippen molar-refractivity contribution in [1.29, 1.82) is 0 Å². The van der Waals surface area contributed by atoms with Crippen LogP contribution in [0.3, 0.4) is 0 Å². The van der Waals surface area contributed by atoms with Crippen LogP contribution in [0.25, 0.3) is 0 Å². The number of anilines is 1. The number of rotatable bonds is 7. The lowest BCUT2D eigenvalue weighted by molar-refractivity contribution is -0.126. The van der Waals surface area contributed by atoms with Crippen molar-refractivity contribution >= 4 is 17.5 Å². The van der Waals surface area contributed by atoms with Crippen LogP contribution in [0.15, 0.2) is 48.5 Å². The minimum Gasteiger partial charge on any atom is -0.497 e. The van der Waals surface area contributed by atoms with E-state index < -0.39 is 11.7 Å². The van der Waals surface area contributed by atoms with Crippen LogP contribution < -0.4 is 15.0 Å². The third kappa shape index (κ3) is 4.74. The molecule has 0 aliphatic carbocycles. The molecule has 1 heterocycles. The molecule has 29 heavy (non-hydrogen) atoms. The van der Waals surface area contributed by atoms with E-state index in [0.29, 0.717) is 6.54 Å². The minimum absolute atomic E-state index is 0.0235. The standard InChI is InChI=1S/C22H26FN3O3/c1-25(2)20(15-8-10-17(29-3)11-9-15)13-24-22(28)16-12-21(27)26(14-16)19-7-5-4-6-18(19)23/h4-11,16,20H,12-14H2,1-3H3,(H,24,28)/t16-,20-/m0/s1. The SMILES string of the molecule is COc1ccc([C@H](CNC(=O)[C@H]2CC(=O)N(c3ccccc3F)C2)N(C)C)cc1. The molecule has 6 nitrogen and oxygen atoms in total. The molecule has 0 aromatic heterocycles. The molecule has 1 N–H and O–H groups in total. The fraction of sp³-hybridized carbons (Fsp3) is 0.364. The molecule has 0 saturated carbocycles. The lowest BCUT2D eigenvalue weighted by Gasteiger charge is -2.26. The average molecular weight is 399 g/mol. The Morgan fingerprint density at radius 3 is 2.55 bits per heavy atom. The number of hydrogen-bond acceptors (Lipinski definition) is 4. The van der Waals surface area contributed by atoms with Gasteiger partial charge in [-0.05, 0) is 43.9 Å². The van der Waals surface area contributed by atoms with Gasteiger partial charge in [0.15, 0.2) is 0 Å². The maximum Gasteiger partial charge on any atom is 0.227 e. The Hall–Kier alpha value is -2.93. The first-order chi connectivity index (χ1) is 13.9. The normalized spacial score (nSPS) is 17.5. The largest absolute Gasteiger partial charge is 0.497 e. The maximum atomic E-state index is 14.0. The number of nitrogens with zero attached hydrogens (tertiary/aromatic N) is 2. The Balaban J connectivity index is 1.63. The van der Waals surface area contributed by atoms with Crippen molar-refractivity contribution in [2.75, 3.05) is 39.2 Å². The van der Waals surface area contributed by atoms with Crippen LogP contribution in [0.5, 0.6) is 5.75 Å². The van der Waals surface area contributed by atoms with Gasteiger partial charge < -0.3 is 19.9 Å². The number of halogens is 1. The molecular formula is C22H26FN3O3. The van der Waals surface area contributed by atoms with Crippen LogP contribution in [0, 0.1) is 11.7 Å². The summed E-state index contributed by atoms with van der Waals surface area (Å²) in [6.45, 7) is 0.587. The van der Waals surface area contributed by atoms with Crippen LogP contribution in [-0.4, -0.2) is 51.0 Å². The second-order valence-corrected chi connectivity index (χ2v) is 7.35. The molecule has 0 bridgehead atoms. The topological polar surface area (TPSA) is 61.9 Å². The predicted molar refractivity (Wildman–Crippen MR) is 109 cm³/mol. The summed E-state index contributed by atoms with van der Waals surface area (Å²) in [5.74, 6) is -0.630. The van der Waals surface area contributed by atoms with Gasteiger partial charge in [0.2, 0.25) is 11.8 Å². The number of likely N-dealkylation sites (N-methyl/N-ethyl adjacent to an activating group) is 1. The molecule has 0 unspecified atom stereocenters. The molecule has 0 spiro atoms. The number of nitrogens with one attached hydrogen (secondary N) is 1. The molecule has 2 aromatic rings. The second kappa shape index (κ2) is 9.05. The van der Waals surface area contributed by atoms with Crippen molar-refractivity contribution in [2.45, 2.75) is 12.5 Å². The van der Waals surface area contributed by atoms with E-state index >= 15 is 0 Å². The molecule has 3 rings (SSSR count). The molecule has 1 saturated heterocycles. The second-order valence-electron chi connectivity index (χ2n) is 7.35. The van der Waals surface area contributed by atoms with Gasteiger partial charge in [0, 0.05) is 19.5 Å². The van der Waals surface area contributed by atoms with Gasteiger partial charge in [0.05, 0.1) is 24.8 Å². The van der Waals surface area contributed by atoms with Crippen molar-refractivity contribution in [3.8, 4) is 5.75 Å². The molecule has 2 atom stereocenters. The van der Waals surface area contributed by atoms with Gasteiger partial charge in [0.25, 0.3) is 0 Å². The van der Waals surface area contributed by atoms with E-state index in [1.165, 1.54) is 11.0 Å². The van der Waals surface area contributed by atoms with Gasteiger partial charge >= 0.3 is 0 Å². The van der Waals surface area contributed by atoms with Gasteiger partial charge in [-0.15, -0.1) is 0 Å². The van der Waals surface area contributed by atoms with E-state index in [1.54, 1.807) is 25.3 Å². The lowest BCUT2D eigenvalue weighted by Crippen LogP contribution is -2.38. The summed E-state index contributed by atoms with van der Waals surface area (Å²) < 4.78 is 19.2. The highest BCUT2D eigenvalue weighted by Crippen LogP contribution is 2.27. The van der Waals surface area contributed by atoms with E-state index in [4.69, 9.17) is 4.74 Å². The van der Waals surface area contributed by atoms with Crippen molar-refractivity contribution in [3.63, 3.8) is 0 Å². The number of amides is 2. The smallest absolute Gasteiger partial charge is 0.227 e. The molecular weight excluding hydrogens is 373 g/mol. The number of methoxy groups -OCH3 is 1. The third-order valence-electron chi connectivity index (χ3n) is 5.23. The first-order valence-corrected chi connectivity index (χ1v) is 9.53. The Kier molecular flexibility index (Phi) is 6.49. The highest BCUT2D eigenvalue weighted by atomic mass is 19.1. The van der Waals surface area contributed by atoms with Crippen LogP contribution in [-0.2, 0) is 9.59 Å². The summed E-state index contributed by atoms with van der Waals surface area (Å²) in [6, 6.07) is 13.8. The van der Waals surface area contributed by atoms with Gasteiger partial charge in [-0.25, -0.2) is 4.39 Å². The highest BCUT2D eigenvalue weighted by Gasteiger charge is 2.36. The summed E-state index contributed by atoms with van der Waals surface area (Å²) in [5.41, 5.74) is 1.27. The number of carbonyl (C=O) groups is 2. The van der Waals surface area contributed by atoms with E-state index in [9.17, 15) is 14.0 Å². The van der Waals surface area contributed by atoms with E-state index in [2.05, 4.69) is 5.32 Å². The number of hydrogen-bond donors (Lipinski definition) is 1. The van der Waals surface area contributed by atoms with Crippen molar-refractivity contribution < 1.29 is 18.7 Å². The van der Waals surface area contributed by atoms with Crippen LogP contribution in [0.1, 0.15) is 18.0 Å². The van der Waals surface area contributed by atoms with E-state index in [-0.39, 0.29) is 36.5 Å². The number of para-hydroxylation sites is 1. The summed E-state index contributed by atoms with van der Waals surface area (Å²) in [4.78, 5) is 28.4. The maximum absolute atomic E-state index is 14.0. The predicted octanol–water partition coefficient (Wildman–Crippen LogP) is 2.61. The van der Waals surface area contributed by atoms with Crippen molar-refractivity contribution in [2.24, 2.45) is 5.92 Å². The third-order valence-corrected chi connectivity index (χ3v) is 5.23. The van der Waals surface area contributed by atoms with Crippen molar-refractivity contribution in [1.82, 2.24) is 10.2 Å². The summed E-state index contributed by atoms with van der Waals surface area (Å²) in [5, 5.41) is 2.96. The quantitative estimate of drug-likeness (QED) is 0.778. The lowest BCUT2D eigenvalue weighted by atomic mass is 10.0. The van der Waals surface area contributed by atoms with Crippen LogP contribution in [0.4, 0.5) is 10.1 Å². The van der Waals surface area contributed by atoms with Gasteiger partial charge in [0.1, 0.15) is 11.6 Å². The monoisotopic (exact) mass is 399 g/mol. The summed E-state index contributed by atoms with van der Waals surface area (Å²) in [6.07, 6.45) is 0.0787. The molecule has 1 aliphatic rings. The highest BCUT2D eigenvalue weighted by molar-refractivity contribution is 6.00. The number of benzene rings is 2. The van der Waals surface area contributed by atoms with Crippen LogP contribution >= 0.6 is 0 Å². The number of ether oxygens (including phenoxy) is 1. The zero-order chi connectivity index (χ0) is 21.0. The first-order valence-electron chi connectivity index (χ1n) is 9.53. The molecule has 1 fully saturated rings. The first kappa shape index (κ1) is 20.8. The van der Waals surface area contributed by atoms with E-state index in [1.807, 2.05) is 43.3 Å². The molecule has 7 heteroatoms. The summed E-state index contributed by atoms with van der Waals surface area (Å²) in [7, 11) is 5.51. The fourth-order valence-electron chi connectivity index (χ4n) is 3.55. The molecule has 1 aliphatic heterocycles. The number of carbonyl (C=O) groups excluding carboxylic acids is 2.